The summed E-state index contributed by atoms with van der Waals surface area (Å²) in [5.41, 5.74) is 0. The van der Waals surface area contributed by atoms with Crippen LogP contribution in [-0.2, 0) is 14.6 Å². The first kappa shape index (κ1) is 13.9. The smallest absolute Gasteiger partial charge is 0.149 e. The van der Waals surface area contributed by atoms with E-state index in [1.54, 1.807) is 0 Å². The highest BCUT2D eigenvalue weighted by Crippen LogP contribution is 2.21. The van der Waals surface area contributed by atoms with Crippen LogP contribution in [0.25, 0.3) is 0 Å². The molecule has 1 aliphatic rings. The molecule has 0 amide bonds. The lowest BCUT2D eigenvalue weighted by Gasteiger charge is -2.28. The van der Waals surface area contributed by atoms with Gasteiger partial charge in [-0.3, -0.25) is 0 Å². The van der Waals surface area contributed by atoms with E-state index in [9.17, 15) is 8.42 Å². The molecule has 1 aliphatic carbocycles. The van der Waals surface area contributed by atoms with Gasteiger partial charge in [0, 0.05) is 12.3 Å². The van der Waals surface area contributed by atoms with Crippen molar-refractivity contribution in [2.45, 2.75) is 44.8 Å². The van der Waals surface area contributed by atoms with Crippen LogP contribution in [0, 0.1) is 0 Å². The summed E-state index contributed by atoms with van der Waals surface area (Å²) < 4.78 is 27.4. The molecule has 1 N–H and O–H groups in total. The molecular formula is C11H23NO3S. The fourth-order valence-electron chi connectivity index (χ4n) is 2.09. The van der Waals surface area contributed by atoms with Crippen LogP contribution in [0.1, 0.15) is 32.6 Å². The Kier molecular flexibility index (Phi) is 5.72. The van der Waals surface area contributed by atoms with E-state index in [0.29, 0.717) is 12.6 Å². The standard InChI is InChI=1S/C11H23NO3S/c1-3-12-10-4-6-11(7-5-10)15-8-9-16(2,13)14/h10-12H,3-9H2,1-2H3. The minimum absolute atomic E-state index is 0.139. The fraction of sp³-hybridized carbons (Fsp3) is 1.00. The van der Waals surface area contributed by atoms with Gasteiger partial charge < -0.3 is 10.1 Å². The minimum Gasteiger partial charge on any atom is -0.377 e. The van der Waals surface area contributed by atoms with Gasteiger partial charge in [0.25, 0.3) is 0 Å². The number of hydrogen-bond acceptors (Lipinski definition) is 4. The van der Waals surface area contributed by atoms with Crippen LogP contribution in [-0.4, -0.2) is 45.7 Å². The van der Waals surface area contributed by atoms with Crippen LogP contribution in [0.2, 0.25) is 0 Å². The van der Waals surface area contributed by atoms with E-state index < -0.39 is 9.84 Å². The van der Waals surface area contributed by atoms with Crippen LogP contribution in [0.15, 0.2) is 0 Å². The normalized spacial score (nSPS) is 26.9. The molecule has 1 saturated carbocycles. The van der Waals surface area contributed by atoms with E-state index in [2.05, 4.69) is 12.2 Å². The molecule has 0 bridgehead atoms. The average molecular weight is 249 g/mol. The van der Waals surface area contributed by atoms with Crippen LogP contribution >= 0.6 is 0 Å². The maximum atomic E-state index is 10.9. The Morgan fingerprint density at radius 3 is 2.38 bits per heavy atom. The molecule has 1 rings (SSSR count). The average Bonchev–Trinajstić information content (AvgIpc) is 2.19. The van der Waals surface area contributed by atoms with Gasteiger partial charge >= 0.3 is 0 Å². The SMILES string of the molecule is CCNC1CCC(OCCS(C)(=O)=O)CC1. The second-order valence-corrected chi connectivity index (χ2v) is 6.79. The highest BCUT2D eigenvalue weighted by Gasteiger charge is 2.20. The van der Waals surface area contributed by atoms with Crippen LogP contribution in [0.3, 0.4) is 0 Å². The summed E-state index contributed by atoms with van der Waals surface area (Å²) in [6.07, 6.45) is 5.87. The van der Waals surface area contributed by atoms with Crippen molar-refractivity contribution < 1.29 is 13.2 Å². The monoisotopic (exact) mass is 249 g/mol. The van der Waals surface area contributed by atoms with Crippen molar-refractivity contribution in [3.05, 3.63) is 0 Å². The zero-order valence-electron chi connectivity index (χ0n) is 10.2. The number of ether oxygens (including phenoxy) is 1. The van der Waals surface area contributed by atoms with Crippen LogP contribution in [0.5, 0.6) is 0 Å². The Bertz CT molecular complexity index is 282. The second-order valence-electron chi connectivity index (χ2n) is 4.53. The van der Waals surface area contributed by atoms with Crippen molar-refractivity contribution >= 4 is 9.84 Å². The molecule has 0 spiro atoms. The summed E-state index contributed by atoms with van der Waals surface area (Å²) in [4.78, 5) is 0. The van der Waals surface area contributed by atoms with E-state index in [1.165, 1.54) is 6.26 Å². The molecule has 0 aromatic heterocycles. The molecule has 0 aromatic rings. The zero-order chi connectivity index (χ0) is 12.0. The second kappa shape index (κ2) is 6.57. The van der Waals surface area contributed by atoms with Crippen molar-refractivity contribution in [2.24, 2.45) is 0 Å². The third-order valence-electron chi connectivity index (χ3n) is 2.97. The highest BCUT2D eigenvalue weighted by atomic mass is 32.2. The fourth-order valence-corrected chi connectivity index (χ4v) is 2.49. The van der Waals surface area contributed by atoms with Crippen LogP contribution in [0.4, 0.5) is 0 Å². The Balaban J connectivity index is 2.13. The molecule has 0 atom stereocenters. The molecule has 4 nitrogen and oxygen atoms in total. The quantitative estimate of drug-likeness (QED) is 0.762. The van der Waals surface area contributed by atoms with Gasteiger partial charge in [0.05, 0.1) is 18.5 Å². The first-order valence-corrected chi connectivity index (χ1v) is 8.10. The van der Waals surface area contributed by atoms with E-state index in [-0.39, 0.29) is 11.9 Å². The van der Waals surface area contributed by atoms with Gasteiger partial charge in [-0.05, 0) is 32.2 Å². The van der Waals surface area contributed by atoms with Gasteiger partial charge in [-0.15, -0.1) is 0 Å². The predicted molar refractivity (Wildman–Crippen MR) is 65.4 cm³/mol. The van der Waals surface area contributed by atoms with Crippen molar-refractivity contribution in [3.8, 4) is 0 Å². The number of hydrogen-bond donors (Lipinski definition) is 1. The van der Waals surface area contributed by atoms with Crippen molar-refractivity contribution in [1.82, 2.24) is 5.32 Å². The minimum atomic E-state index is -2.88. The Hall–Kier alpha value is -0.130. The van der Waals surface area contributed by atoms with E-state index >= 15 is 0 Å². The molecule has 0 saturated heterocycles. The van der Waals surface area contributed by atoms with Crippen molar-refractivity contribution in [1.29, 1.82) is 0 Å². The lowest BCUT2D eigenvalue weighted by molar-refractivity contribution is 0.0316. The molecule has 0 unspecified atom stereocenters. The maximum Gasteiger partial charge on any atom is 0.149 e. The highest BCUT2D eigenvalue weighted by molar-refractivity contribution is 7.90. The molecule has 0 radical (unpaired) electrons. The summed E-state index contributed by atoms with van der Waals surface area (Å²) in [6.45, 7) is 3.48. The summed E-state index contributed by atoms with van der Waals surface area (Å²) in [7, 11) is -2.88. The third kappa shape index (κ3) is 5.82. The van der Waals surface area contributed by atoms with E-state index in [4.69, 9.17) is 4.74 Å². The Morgan fingerprint density at radius 1 is 1.25 bits per heavy atom. The third-order valence-corrected chi connectivity index (χ3v) is 3.88. The molecule has 5 heteroatoms. The number of rotatable bonds is 6. The molecule has 1 fully saturated rings. The molecule has 0 aromatic carbocycles. The van der Waals surface area contributed by atoms with E-state index in [1.807, 2.05) is 0 Å². The molecule has 96 valence electrons. The van der Waals surface area contributed by atoms with Gasteiger partial charge in [-0.2, -0.15) is 0 Å². The van der Waals surface area contributed by atoms with Gasteiger partial charge in [-0.25, -0.2) is 8.42 Å². The maximum absolute atomic E-state index is 10.9. The predicted octanol–water partition coefficient (Wildman–Crippen LogP) is 0.968. The van der Waals surface area contributed by atoms with Gasteiger partial charge in [0.1, 0.15) is 9.84 Å². The Labute approximate surface area is 98.7 Å². The first-order chi connectivity index (χ1) is 7.51. The topological polar surface area (TPSA) is 55.4 Å². The summed E-state index contributed by atoms with van der Waals surface area (Å²) in [5, 5.41) is 3.43. The number of nitrogens with one attached hydrogen (secondary N) is 1. The largest absolute Gasteiger partial charge is 0.377 e. The van der Waals surface area contributed by atoms with Gasteiger partial charge in [0.2, 0.25) is 0 Å². The lowest BCUT2D eigenvalue weighted by atomic mass is 9.93. The summed E-state index contributed by atoms with van der Waals surface area (Å²) in [5.74, 6) is 0.139. The summed E-state index contributed by atoms with van der Waals surface area (Å²) >= 11 is 0. The lowest BCUT2D eigenvalue weighted by Crippen LogP contribution is -2.35. The molecule has 0 aliphatic heterocycles. The van der Waals surface area contributed by atoms with Crippen molar-refractivity contribution in [2.75, 3.05) is 25.2 Å². The number of sulfone groups is 1. The molecule has 0 heterocycles. The van der Waals surface area contributed by atoms with Gasteiger partial charge in [-0.1, -0.05) is 6.92 Å². The van der Waals surface area contributed by atoms with Crippen molar-refractivity contribution in [3.63, 3.8) is 0 Å². The van der Waals surface area contributed by atoms with Crippen LogP contribution < -0.4 is 5.32 Å². The molecular weight excluding hydrogens is 226 g/mol. The van der Waals surface area contributed by atoms with E-state index in [0.717, 1.165) is 32.2 Å². The van der Waals surface area contributed by atoms with Gasteiger partial charge in [0.15, 0.2) is 0 Å². The Morgan fingerprint density at radius 2 is 1.88 bits per heavy atom. The summed E-state index contributed by atoms with van der Waals surface area (Å²) in [6, 6.07) is 0.625. The first-order valence-electron chi connectivity index (χ1n) is 6.04. The molecule has 16 heavy (non-hydrogen) atoms. The zero-order valence-corrected chi connectivity index (χ0v) is 11.1.